The molecule has 59 heavy (non-hydrogen) atoms. The summed E-state index contributed by atoms with van der Waals surface area (Å²) in [5.41, 5.74) is 6.05. The molecule has 10 heteroatoms. The summed E-state index contributed by atoms with van der Waals surface area (Å²) in [5, 5.41) is 29.5. The first-order chi connectivity index (χ1) is 28.7. The predicted octanol–water partition coefficient (Wildman–Crippen LogP) is 9.25. The van der Waals surface area contributed by atoms with Gasteiger partial charge in [-0.2, -0.15) is 0 Å². The third-order valence-corrected chi connectivity index (χ3v) is 10.1. The Morgan fingerprint density at radius 1 is 0.678 bits per heavy atom. The number of carbonyl (C=O) groups is 1. The Kier molecular flexibility index (Phi) is 18.4. The van der Waals surface area contributed by atoms with E-state index in [9.17, 15) is 20.1 Å². The van der Waals surface area contributed by atoms with E-state index >= 15 is 0 Å². The van der Waals surface area contributed by atoms with E-state index in [0.717, 1.165) is 40.7 Å². The van der Waals surface area contributed by atoms with E-state index in [1.165, 1.54) is 18.2 Å². The molecule has 0 radical (unpaired) electrons. The number of phenols is 2. The molecule has 314 valence electrons. The summed E-state index contributed by atoms with van der Waals surface area (Å²) in [5.74, 6) is -0.958. The van der Waals surface area contributed by atoms with E-state index < -0.39 is 36.7 Å². The van der Waals surface area contributed by atoms with E-state index in [-0.39, 0.29) is 30.1 Å². The van der Waals surface area contributed by atoms with E-state index in [4.69, 9.17) is 28.4 Å². The molecule has 5 atom stereocenters. The van der Waals surface area contributed by atoms with E-state index in [1.54, 1.807) is 13.2 Å². The Morgan fingerprint density at radius 2 is 1.22 bits per heavy atom. The minimum Gasteiger partial charge on any atom is -0.508 e. The second kappa shape index (κ2) is 24.1. The Labute approximate surface area is 348 Å². The second-order valence-corrected chi connectivity index (χ2v) is 14.8. The van der Waals surface area contributed by atoms with Gasteiger partial charge in [-0.05, 0) is 80.8 Å². The van der Waals surface area contributed by atoms with Gasteiger partial charge in [0.2, 0.25) is 0 Å². The molecule has 0 bridgehead atoms. The number of benzene rings is 4. The van der Waals surface area contributed by atoms with Gasteiger partial charge in [-0.15, -0.1) is 0 Å². The van der Waals surface area contributed by atoms with Gasteiger partial charge in [-0.3, -0.25) is 0 Å². The summed E-state index contributed by atoms with van der Waals surface area (Å²) in [6, 6.07) is 34.2. The fraction of sp³-hybridized carbons (Fsp3) is 0.367. The Morgan fingerprint density at radius 3 is 1.80 bits per heavy atom. The highest BCUT2D eigenvalue weighted by Gasteiger charge is 2.48. The molecule has 0 spiro atoms. The van der Waals surface area contributed by atoms with Crippen LogP contribution in [-0.2, 0) is 59.5 Å². The molecule has 1 aliphatic heterocycles. The van der Waals surface area contributed by atoms with Crippen LogP contribution < -0.4 is 0 Å². The molecule has 1 saturated heterocycles. The van der Waals surface area contributed by atoms with Crippen LogP contribution in [-0.4, -0.2) is 72.3 Å². The summed E-state index contributed by atoms with van der Waals surface area (Å²) in [4.78, 5) is 11.9. The van der Waals surface area contributed by atoms with Crippen molar-refractivity contribution in [3.63, 3.8) is 0 Å². The lowest BCUT2D eigenvalue weighted by Crippen LogP contribution is -2.61. The highest BCUT2D eigenvalue weighted by molar-refractivity contribution is 5.86. The van der Waals surface area contributed by atoms with E-state index in [1.807, 2.05) is 105 Å². The normalized spacial score (nSPS) is 20.1. The quantitative estimate of drug-likeness (QED) is 0.0379. The lowest BCUT2D eigenvalue weighted by atomic mass is 9.97. The first-order valence-electron chi connectivity index (χ1n) is 20.2. The highest BCUT2D eigenvalue weighted by Crippen LogP contribution is 2.31. The van der Waals surface area contributed by atoms with Crippen molar-refractivity contribution in [2.75, 3.05) is 20.3 Å². The Balaban J connectivity index is 1.19. The lowest BCUT2D eigenvalue weighted by molar-refractivity contribution is -0.322. The standard InChI is InChI=1S/C49H58O10/c1-35(16-14-24-40(48(52)53)25-26-41-29-42(50)27-28-43(41)51)15-13-17-36(2)30-55-34-44-45(56-31-37-18-7-4-8-19-37)46(57-32-38-20-9-5-10-21-38)47(49(54-3)59-44)58-33-39-22-11-6-12-23-39/h4-12,16-23,25,27-29,44-47,49-51H,13-15,24,26,30-34H2,1-3H3,(H,52,53)/b35-16+,36-17+,40-25?/t44-,45-,46+,47-,49-/m1/s1. The number of methoxy groups -OCH3 is 1. The number of carboxylic acid groups (broad SMARTS) is 1. The molecule has 1 aliphatic rings. The molecule has 10 nitrogen and oxygen atoms in total. The third kappa shape index (κ3) is 14.9. The zero-order valence-electron chi connectivity index (χ0n) is 34.3. The summed E-state index contributed by atoms with van der Waals surface area (Å²) in [6.45, 7) is 5.77. The fourth-order valence-electron chi connectivity index (χ4n) is 6.85. The van der Waals surface area contributed by atoms with Crippen molar-refractivity contribution in [2.24, 2.45) is 0 Å². The summed E-state index contributed by atoms with van der Waals surface area (Å²) in [6.07, 6.45) is 5.66. The first-order valence-corrected chi connectivity index (χ1v) is 20.2. The van der Waals surface area contributed by atoms with E-state index in [0.29, 0.717) is 44.8 Å². The van der Waals surface area contributed by atoms with Crippen LogP contribution in [0.15, 0.2) is 144 Å². The zero-order valence-corrected chi connectivity index (χ0v) is 34.3. The number of aromatic hydroxyl groups is 2. The van der Waals surface area contributed by atoms with Gasteiger partial charge in [0, 0.05) is 18.2 Å². The maximum Gasteiger partial charge on any atom is 0.331 e. The van der Waals surface area contributed by atoms with Crippen LogP contribution in [0.2, 0.25) is 0 Å². The Hall–Kier alpha value is -5.07. The molecule has 4 aromatic rings. The molecule has 0 aromatic heterocycles. The van der Waals surface area contributed by atoms with Gasteiger partial charge < -0.3 is 43.7 Å². The molecule has 5 rings (SSSR count). The smallest absolute Gasteiger partial charge is 0.331 e. The molecule has 0 amide bonds. The number of phenolic OH excluding ortho intramolecular Hbond substituents is 2. The molecule has 3 N–H and O–H groups in total. The largest absolute Gasteiger partial charge is 0.508 e. The van der Waals surface area contributed by atoms with Gasteiger partial charge in [0.15, 0.2) is 6.29 Å². The summed E-state index contributed by atoms with van der Waals surface area (Å²) >= 11 is 0. The molecule has 0 aliphatic carbocycles. The molecular formula is C49H58O10. The SMILES string of the molecule is CO[C@@H]1O[C@H](COC/C(C)=C/CC/C(C)=C/CCC(=CCc2cc(O)ccc2O)C(=O)O)[C@@H](OCc2ccccc2)[C@H](OCc2ccccc2)[C@H]1OCc1ccccc1. The van der Waals surface area contributed by atoms with Crippen LogP contribution in [0.3, 0.4) is 0 Å². The number of hydrogen-bond acceptors (Lipinski definition) is 9. The van der Waals surface area contributed by atoms with Crippen molar-refractivity contribution >= 4 is 5.97 Å². The van der Waals surface area contributed by atoms with Crippen molar-refractivity contribution in [3.8, 4) is 11.5 Å². The number of ether oxygens (including phenoxy) is 6. The lowest BCUT2D eigenvalue weighted by Gasteiger charge is -2.45. The second-order valence-electron chi connectivity index (χ2n) is 14.8. The van der Waals surface area contributed by atoms with Crippen LogP contribution >= 0.6 is 0 Å². The topological polar surface area (TPSA) is 133 Å². The van der Waals surface area contributed by atoms with Crippen molar-refractivity contribution < 1.29 is 48.5 Å². The molecular weight excluding hydrogens is 749 g/mol. The van der Waals surface area contributed by atoms with Crippen molar-refractivity contribution in [3.05, 3.63) is 166 Å². The maximum atomic E-state index is 11.9. The average Bonchev–Trinajstić information content (AvgIpc) is 3.25. The fourth-order valence-corrected chi connectivity index (χ4v) is 6.85. The van der Waals surface area contributed by atoms with Crippen molar-refractivity contribution in [1.82, 2.24) is 0 Å². The van der Waals surface area contributed by atoms with Crippen molar-refractivity contribution in [2.45, 2.75) is 96.5 Å². The highest BCUT2D eigenvalue weighted by atomic mass is 16.7. The van der Waals surface area contributed by atoms with Gasteiger partial charge in [-0.25, -0.2) is 4.79 Å². The van der Waals surface area contributed by atoms with Gasteiger partial charge in [0.05, 0.1) is 33.0 Å². The van der Waals surface area contributed by atoms with Gasteiger partial charge >= 0.3 is 5.97 Å². The zero-order chi connectivity index (χ0) is 41.8. The van der Waals surface area contributed by atoms with Crippen molar-refractivity contribution in [1.29, 1.82) is 0 Å². The third-order valence-electron chi connectivity index (χ3n) is 10.1. The van der Waals surface area contributed by atoms with Gasteiger partial charge in [-0.1, -0.05) is 120 Å². The average molecular weight is 807 g/mol. The van der Waals surface area contributed by atoms with Gasteiger partial charge in [0.1, 0.15) is 35.9 Å². The molecule has 0 saturated carbocycles. The minimum atomic E-state index is -0.994. The minimum absolute atomic E-state index is 0.0172. The van der Waals surface area contributed by atoms with Crippen LogP contribution in [0.4, 0.5) is 0 Å². The van der Waals surface area contributed by atoms with Crippen LogP contribution in [0, 0.1) is 0 Å². The Bertz CT molecular complexity index is 1940. The first kappa shape index (κ1) is 45.0. The number of hydrogen-bond donors (Lipinski definition) is 3. The molecule has 0 unspecified atom stereocenters. The summed E-state index contributed by atoms with van der Waals surface area (Å²) in [7, 11) is 1.61. The molecule has 4 aromatic carbocycles. The number of allylic oxidation sites excluding steroid dienone is 4. The predicted molar refractivity (Wildman–Crippen MR) is 227 cm³/mol. The number of aliphatic carboxylic acids is 1. The summed E-state index contributed by atoms with van der Waals surface area (Å²) < 4.78 is 38.7. The number of carboxylic acids is 1. The van der Waals surface area contributed by atoms with Crippen LogP contribution in [0.5, 0.6) is 11.5 Å². The molecule has 1 heterocycles. The maximum absolute atomic E-state index is 11.9. The van der Waals surface area contributed by atoms with Crippen LogP contribution in [0.25, 0.3) is 0 Å². The molecule has 1 fully saturated rings. The number of rotatable bonds is 23. The van der Waals surface area contributed by atoms with E-state index in [2.05, 4.69) is 12.2 Å². The van der Waals surface area contributed by atoms with Crippen LogP contribution in [0.1, 0.15) is 61.8 Å². The monoisotopic (exact) mass is 806 g/mol. The van der Waals surface area contributed by atoms with Gasteiger partial charge in [0.25, 0.3) is 0 Å².